The third kappa shape index (κ3) is 17.9. The molecule has 0 unspecified atom stereocenters. The number of rotatable bonds is 0. The number of hydrogen-bond acceptors (Lipinski definition) is 0. The molecule has 0 aliphatic heterocycles. The van der Waals surface area contributed by atoms with Crippen LogP contribution in [-0.4, -0.2) is 23.1 Å². The minimum absolute atomic E-state index is 0. The minimum Gasteiger partial charge on any atom is -0.344 e. The second kappa shape index (κ2) is 16.7. The Labute approximate surface area is 92.0 Å². The van der Waals surface area contributed by atoms with Gasteiger partial charge in [0.05, 0.1) is 0 Å². The first-order valence-corrected chi connectivity index (χ1v) is 3.12. The third-order valence-corrected chi connectivity index (χ3v) is 0.607. The predicted molar refractivity (Wildman–Crippen MR) is 53.9 cm³/mol. The van der Waals surface area contributed by atoms with E-state index < -0.39 is 0 Å². The van der Waals surface area contributed by atoms with E-state index in [0.29, 0.717) is 0 Å². The van der Waals surface area contributed by atoms with Crippen LogP contribution >= 0.6 is 12.4 Å². The van der Waals surface area contributed by atoms with Crippen LogP contribution in [0.4, 0.5) is 0 Å². The molecule has 58 valence electrons. The smallest absolute Gasteiger partial charge is 0.344 e. The summed E-state index contributed by atoms with van der Waals surface area (Å²) in [5.74, 6) is 0. The van der Waals surface area contributed by atoms with Crippen molar-refractivity contribution in [2.45, 2.75) is 13.3 Å². The van der Waals surface area contributed by atoms with E-state index in [2.05, 4.69) is 13.0 Å². The Morgan fingerprint density at radius 1 is 1.18 bits per heavy atom. The first-order chi connectivity index (χ1) is 4.41. The molecule has 0 saturated heterocycles. The molecule has 11 heavy (non-hydrogen) atoms. The summed E-state index contributed by atoms with van der Waals surface area (Å²) in [5, 5.41) is 0. The summed E-state index contributed by atoms with van der Waals surface area (Å²) in [6, 6.07) is 12.5. The number of halogens is 1. The fourth-order valence-electron chi connectivity index (χ4n) is 0.342. The van der Waals surface area contributed by atoms with Crippen molar-refractivity contribution in [2.75, 3.05) is 0 Å². The molecule has 0 atom stereocenters. The summed E-state index contributed by atoms with van der Waals surface area (Å²) >= 11 is 0. The molecule has 0 fully saturated rings. The maximum Gasteiger partial charge on any atom is 2.00 e. The Morgan fingerprint density at radius 2 is 1.55 bits per heavy atom. The van der Waals surface area contributed by atoms with Gasteiger partial charge in [0.15, 0.2) is 0 Å². The zero-order valence-corrected chi connectivity index (χ0v) is 9.15. The average Bonchev–Trinajstić information content (AvgIpc) is 1.93. The van der Waals surface area contributed by atoms with Gasteiger partial charge in [-0.3, -0.25) is 0 Å². The summed E-state index contributed by atoms with van der Waals surface area (Å²) in [6.45, 7) is 5.50. The van der Waals surface area contributed by atoms with Crippen LogP contribution in [0.3, 0.4) is 0 Å². The van der Waals surface area contributed by atoms with Crippen LogP contribution in [0.25, 0.3) is 0 Å². The maximum atomic E-state index is 3.49. The molecular formula is C9H13ClMg. The van der Waals surface area contributed by atoms with Crippen molar-refractivity contribution < 1.29 is 0 Å². The van der Waals surface area contributed by atoms with Gasteiger partial charge in [0.25, 0.3) is 0 Å². The Hall–Kier alpha value is 0.276. The quantitative estimate of drug-likeness (QED) is 0.426. The fraction of sp³-hybridized carbons (Fsp3) is 0.222. The Bertz CT molecular complexity index is 92.4. The molecule has 0 aliphatic rings. The van der Waals surface area contributed by atoms with E-state index in [1.807, 2.05) is 37.3 Å². The topological polar surface area (TPSA) is 0 Å². The minimum atomic E-state index is 0. The first kappa shape index (κ1) is 17.4. The van der Waals surface area contributed by atoms with E-state index in [0.717, 1.165) is 6.42 Å². The van der Waals surface area contributed by atoms with E-state index in [9.17, 15) is 0 Å². The van der Waals surface area contributed by atoms with Crippen LogP contribution in [0.5, 0.6) is 0 Å². The van der Waals surface area contributed by atoms with Crippen molar-refractivity contribution >= 4 is 35.5 Å². The third-order valence-electron chi connectivity index (χ3n) is 0.607. The van der Waals surface area contributed by atoms with Gasteiger partial charge in [-0.2, -0.15) is 42.8 Å². The molecule has 0 aliphatic carbocycles. The summed E-state index contributed by atoms with van der Waals surface area (Å²) in [6.07, 6.45) is 1.00. The molecular weight excluding hydrogens is 168 g/mol. The number of hydrogen-bond donors (Lipinski definition) is 0. The molecule has 0 spiro atoms. The molecule has 1 rings (SSSR count). The van der Waals surface area contributed by atoms with E-state index >= 15 is 0 Å². The first-order valence-electron chi connectivity index (χ1n) is 3.12. The zero-order chi connectivity index (χ0) is 6.95. The van der Waals surface area contributed by atoms with Crippen molar-refractivity contribution in [2.24, 2.45) is 0 Å². The summed E-state index contributed by atoms with van der Waals surface area (Å²) < 4.78 is 0. The van der Waals surface area contributed by atoms with Gasteiger partial charge in [-0.25, -0.2) is 0 Å². The van der Waals surface area contributed by atoms with E-state index in [-0.39, 0.29) is 35.5 Å². The Morgan fingerprint density at radius 3 is 1.64 bits per heavy atom. The van der Waals surface area contributed by atoms with Gasteiger partial charge < -0.3 is 6.92 Å². The van der Waals surface area contributed by atoms with Crippen molar-refractivity contribution in [1.29, 1.82) is 0 Å². The Kier molecular flexibility index (Phi) is 26.4. The van der Waals surface area contributed by atoms with Crippen LogP contribution < -0.4 is 0 Å². The second-order valence-corrected chi connectivity index (χ2v) is 1.58. The van der Waals surface area contributed by atoms with Crippen molar-refractivity contribution in [1.82, 2.24) is 0 Å². The SMILES string of the molecule is Cl.[CH2-]CC.[Mg+2].[c-]1ccccc1. The van der Waals surface area contributed by atoms with Crippen LogP contribution in [-0.2, 0) is 0 Å². The summed E-state index contributed by atoms with van der Waals surface area (Å²) in [4.78, 5) is 0. The summed E-state index contributed by atoms with van der Waals surface area (Å²) in [5.41, 5.74) is 0. The molecule has 0 amide bonds. The van der Waals surface area contributed by atoms with Gasteiger partial charge in [-0.15, -0.1) is 12.4 Å². The van der Waals surface area contributed by atoms with E-state index in [4.69, 9.17) is 0 Å². The van der Waals surface area contributed by atoms with E-state index in [1.165, 1.54) is 0 Å². The summed E-state index contributed by atoms with van der Waals surface area (Å²) in [7, 11) is 0. The molecule has 1 aromatic carbocycles. The largest absolute Gasteiger partial charge is 2.00 e. The molecule has 0 heterocycles. The second-order valence-electron chi connectivity index (χ2n) is 1.58. The monoisotopic (exact) mass is 180 g/mol. The normalized spacial score (nSPS) is 6.00. The molecule has 0 radical (unpaired) electrons. The van der Waals surface area contributed by atoms with Gasteiger partial charge in [-0.05, 0) is 0 Å². The van der Waals surface area contributed by atoms with Crippen LogP contribution in [0.2, 0.25) is 0 Å². The Balaban J connectivity index is -0.000000116. The predicted octanol–water partition coefficient (Wildman–Crippen LogP) is 2.76. The van der Waals surface area contributed by atoms with Crippen molar-refractivity contribution in [3.8, 4) is 0 Å². The molecule has 1 aromatic rings. The maximum absolute atomic E-state index is 3.49. The average molecular weight is 181 g/mol. The van der Waals surface area contributed by atoms with Crippen LogP contribution in [0.1, 0.15) is 13.3 Å². The van der Waals surface area contributed by atoms with Gasteiger partial charge >= 0.3 is 23.1 Å². The van der Waals surface area contributed by atoms with Gasteiger partial charge in [-0.1, -0.05) is 6.92 Å². The van der Waals surface area contributed by atoms with Crippen molar-refractivity contribution in [3.05, 3.63) is 43.3 Å². The standard InChI is InChI=1S/C6H5.C3H7.ClH.Mg/c1-2-4-6-5-3-1;1-3-2;;/h1-5H;1,3H2,2H3;1H;/q2*-1;;+2. The van der Waals surface area contributed by atoms with Crippen LogP contribution in [0, 0.1) is 13.0 Å². The molecule has 2 heteroatoms. The fourth-order valence-corrected chi connectivity index (χ4v) is 0.342. The molecule has 0 nitrogen and oxygen atoms in total. The van der Waals surface area contributed by atoms with E-state index in [1.54, 1.807) is 0 Å². The van der Waals surface area contributed by atoms with Gasteiger partial charge in [0, 0.05) is 0 Å². The van der Waals surface area contributed by atoms with Gasteiger partial charge in [0.2, 0.25) is 0 Å². The zero-order valence-electron chi connectivity index (χ0n) is 6.92. The van der Waals surface area contributed by atoms with Gasteiger partial charge in [0.1, 0.15) is 0 Å². The molecule has 0 N–H and O–H groups in total. The molecule has 0 bridgehead atoms. The molecule has 0 saturated carbocycles. The number of benzene rings is 1. The van der Waals surface area contributed by atoms with Crippen molar-refractivity contribution in [3.63, 3.8) is 0 Å². The van der Waals surface area contributed by atoms with Crippen LogP contribution in [0.15, 0.2) is 30.3 Å². The molecule has 0 aromatic heterocycles.